The van der Waals surface area contributed by atoms with Gasteiger partial charge in [0.2, 0.25) is 5.95 Å². The number of fused-ring (bicyclic) bond motifs is 2. The minimum Gasteiger partial charge on any atom is -0.487 e. The molecule has 330 valence electrons. The van der Waals surface area contributed by atoms with Gasteiger partial charge < -0.3 is 43.2 Å². The minimum absolute atomic E-state index is 0.266. The number of nitrogens with zero attached hydrogens (tertiary/aromatic N) is 10. The Kier molecular flexibility index (Phi) is 17.0. The first-order valence-electron chi connectivity index (χ1n) is 21.5. The van der Waals surface area contributed by atoms with Gasteiger partial charge in [0.25, 0.3) is 5.88 Å². The van der Waals surface area contributed by atoms with E-state index in [1.165, 1.54) is 19.2 Å². The third-order valence-electron chi connectivity index (χ3n) is 11.2. The molecule has 3 aliphatic rings. The van der Waals surface area contributed by atoms with E-state index in [0.717, 1.165) is 50.0 Å². The van der Waals surface area contributed by atoms with Crippen LogP contribution in [0.1, 0.15) is 63.5 Å². The van der Waals surface area contributed by atoms with Gasteiger partial charge in [-0.1, -0.05) is 6.07 Å². The molecule has 0 spiro atoms. The van der Waals surface area contributed by atoms with Gasteiger partial charge in [0.05, 0.1) is 97.0 Å². The highest BCUT2D eigenvalue weighted by Crippen LogP contribution is 2.39. The van der Waals surface area contributed by atoms with Crippen molar-refractivity contribution in [1.82, 2.24) is 44.9 Å². The van der Waals surface area contributed by atoms with Crippen LogP contribution in [0.2, 0.25) is 0 Å². The molecule has 3 aromatic heterocycles. The number of benzene rings is 1. The second-order valence-electron chi connectivity index (χ2n) is 15.5. The summed E-state index contributed by atoms with van der Waals surface area (Å²) in [4.78, 5) is 12.1. The molecule has 0 radical (unpaired) electrons. The minimum atomic E-state index is -0.285. The molecule has 4 aromatic rings. The molecular formula is C42H59N11O8. The summed E-state index contributed by atoms with van der Waals surface area (Å²) in [5, 5.41) is 29.3. The van der Waals surface area contributed by atoms with Crippen molar-refractivity contribution >= 4 is 11.6 Å². The number of hydrogen-bond donors (Lipinski definition) is 1. The van der Waals surface area contributed by atoms with Crippen LogP contribution in [0.3, 0.4) is 0 Å². The standard InChI is InChI=1S/C42H59N11O8/c1-31(26-51-30-46-49-50-51)61-40-22-32(4-5-33(40)23-43)34-24-44-42(45-25-34)47-39-27-52(35-6-8-36(9-7-35)53-37-10-11-38(53)29-59-28-37)48-41(39)60-13-3-12-55-16-17-57-20-21-58-19-18-56-15-14-54-2/h4-5,22,24-25,27,30-31,35-38H,3,6-21,26,28-29H2,1-2H3,(H,44,45,47)/t31-,35-,36-,37-,38+/m0/s1. The first kappa shape index (κ1) is 44.3. The van der Waals surface area contributed by atoms with E-state index in [-0.39, 0.29) is 12.1 Å². The van der Waals surface area contributed by atoms with E-state index < -0.39 is 0 Å². The van der Waals surface area contributed by atoms with E-state index in [1.54, 1.807) is 30.3 Å². The number of hydrogen-bond acceptors (Lipinski definition) is 17. The fourth-order valence-corrected chi connectivity index (χ4v) is 8.20. The molecule has 19 heteroatoms. The lowest BCUT2D eigenvalue weighted by Crippen LogP contribution is -2.52. The molecule has 2 bridgehead atoms. The molecule has 3 atom stereocenters. The number of nitriles is 1. The van der Waals surface area contributed by atoms with E-state index in [4.69, 9.17) is 43.0 Å². The summed E-state index contributed by atoms with van der Waals surface area (Å²) < 4.78 is 49.1. The van der Waals surface area contributed by atoms with Crippen LogP contribution in [0.15, 0.2) is 43.1 Å². The third kappa shape index (κ3) is 12.9. The predicted octanol–water partition coefficient (Wildman–Crippen LogP) is 4.24. The van der Waals surface area contributed by atoms with Gasteiger partial charge in [0.15, 0.2) is 0 Å². The molecular weight excluding hydrogens is 787 g/mol. The molecule has 3 fully saturated rings. The molecule has 61 heavy (non-hydrogen) atoms. The van der Waals surface area contributed by atoms with E-state index in [0.29, 0.717) is 126 Å². The van der Waals surface area contributed by atoms with Gasteiger partial charge >= 0.3 is 0 Å². The van der Waals surface area contributed by atoms with Gasteiger partial charge in [-0.15, -0.1) is 10.2 Å². The SMILES string of the molecule is COCCOCCOCCOCCOCCCOc1nn([C@H]2CC[C@H](N3[C@@H]4CC[C@H]3COC4)CC2)cc1Nc1ncc(-c2ccc(C#N)c(O[C@@H](C)Cn3cnnn3)c2)cn1. The summed E-state index contributed by atoms with van der Waals surface area (Å²) in [6, 6.07) is 9.62. The number of morpholine rings is 1. The number of methoxy groups -OCH3 is 1. The summed E-state index contributed by atoms with van der Waals surface area (Å²) in [6.45, 7) is 9.20. The van der Waals surface area contributed by atoms with Gasteiger partial charge in [-0.2, -0.15) is 5.26 Å². The van der Waals surface area contributed by atoms with Crippen molar-refractivity contribution in [2.24, 2.45) is 0 Å². The Morgan fingerprint density at radius 3 is 2.13 bits per heavy atom. The molecule has 2 saturated heterocycles. The lowest BCUT2D eigenvalue weighted by molar-refractivity contribution is -0.0458. The quantitative estimate of drug-likeness (QED) is 0.0880. The largest absolute Gasteiger partial charge is 0.487 e. The zero-order valence-electron chi connectivity index (χ0n) is 35.3. The Morgan fingerprint density at radius 1 is 0.820 bits per heavy atom. The van der Waals surface area contributed by atoms with Gasteiger partial charge in [-0.25, -0.2) is 14.6 Å². The summed E-state index contributed by atoms with van der Waals surface area (Å²) in [5.74, 6) is 1.36. The van der Waals surface area contributed by atoms with Crippen LogP contribution < -0.4 is 14.8 Å². The molecule has 1 aliphatic carbocycles. The molecule has 1 saturated carbocycles. The van der Waals surface area contributed by atoms with Crippen LogP contribution in [0.25, 0.3) is 11.1 Å². The zero-order valence-corrected chi connectivity index (χ0v) is 35.3. The maximum atomic E-state index is 9.75. The van der Waals surface area contributed by atoms with Crippen LogP contribution in [0, 0.1) is 11.3 Å². The van der Waals surface area contributed by atoms with E-state index in [2.05, 4.69) is 46.5 Å². The van der Waals surface area contributed by atoms with Crippen molar-refractivity contribution in [2.45, 2.75) is 88.7 Å². The number of aromatic nitrogens is 8. The maximum Gasteiger partial charge on any atom is 0.256 e. The molecule has 1 aromatic carbocycles. The lowest BCUT2D eigenvalue weighted by Gasteiger charge is -2.43. The summed E-state index contributed by atoms with van der Waals surface area (Å²) >= 11 is 0. The fraction of sp³-hybridized carbons (Fsp3) is 0.643. The second kappa shape index (κ2) is 23.4. The molecule has 7 rings (SSSR count). The predicted molar refractivity (Wildman–Crippen MR) is 222 cm³/mol. The van der Waals surface area contributed by atoms with E-state index in [1.807, 2.05) is 25.3 Å². The zero-order chi connectivity index (χ0) is 42.1. The number of nitrogens with one attached hydrogen (secondary N) is 1. The first-order valence-corrected chi connectivity index (χ1v) is 21.5. The number of tetrazole rings is 1. The summed E-state index contributed by atoms with van der Waals surface area (Å²) in [6.07, 6.45) is 14.3. The normalized spacial score (nSPS) is 20.7. The molecule has 1 N–H and O–H groups in total. The van der Waals surface area contributed by atoms with Crippen LogP contribution in [0.5, 0.6) is 11.6 Å². The average Bonchev–Trinajstić information content (AvgIpc) is 4.01. The number of ether oxygens (including phenoxy) is 8. The van der Waals surface area contributed by atoms with Crippen molar-refractivity contribution in [2.75, 3.05) is 91.7 Å². The van der Waals surface area contributed by atoms with Gasteiger partial charge in [-0.05, 0) is 73.6 Å². The molecule has 19 nitrogen and oxygen atoms in total. The fourth-order valence-electron chi connectivity index (χ4n) is 8.20. The highest BCUT2D eigenvalue weighted by molar-refractivity contribution is 5.67. The van der Waals surface area contributed by atoms with Crippen LogP contribution in [-0.4, -0.2) is 155 Å². The third-order valence-corrected chi connectivity index (χ3v) is 11.2. The number of anilines is 2. The Balaban J connectivity index is 0.919. The van der Waals surface area contributed by atoms with Crippen LogP contribution >= 0.6 is 0 Å². The molecule has 2 aliphatic heterocycles. The Morgan fingerprint density at radius 2 is 1.48 bits per heavy atom. The van der Waals surface area contributed by atoms with Gasteiger partial charge in [0, 0.05) is 56.2 Å². The van der Waals surface area contributed by atoms with Crippen molar-refractivity contribution < 1.29 is 37.9 Å². The van der Waals surface area contributed by atoms with Crippen molar-refractivity contribution in [3.05, 3.63) is 48.7 Å². The topological polar surface area (TPSA) is 200 Å². The summed E-state index contributed by atoms with van der Waals surface area (Å²) in [7, 11) is 1.65. The van der Waals surface area contributed by atoms with Crippen LogP contribution in [0.4, 0.5) is 11.6 Å². The maximum absolute atomic E-state index is 9.75. The van der Waals surface area contributed by atoms with Gasteiger partial charge in [0.1, 0.15) is 29.9 Å². The van der Waals surface area contributed by atoms with E-state index >= 15 is 0 Å². The van der Waals surface area contributed by atoms with Gasteiger partial charge in [-0.3, -0.25) is 9.58 Å². The Labute approximate surface area is 356 Å². The Hall–Kier alpha value is -4.81. The highest BCUT2D eigenvalue weighted by Gasteiger charge is 2.42. The second-order valence-corrected chi connectivity index (χ2v) is 15.5. The Bertz CT molecular complexity index is 1900. The summed E-state index contributed by atoms with van der Waals surface area (Å²) in [5.41, 5.74) is 2.70. The lowest BCUT2D eigenvalue weighted by atomic mass is 9.89. The van der Waals surface area contributed by atoms with E-state index in [9.17, 15) is 5.26 Å². The smallest absolute Gasteiger partial charge is 0.256 e. The molecule has 0 amide bonds. The number of rotatable bonds is 26. The van der Waals surface area contributed by atoms with Crippen molar-refractivity contribution in [3.8, 4) is 28.8 Å². The first-order chi connectivity index (χ1) is 30.1. The highest BCUT2D eigenvalue weighted by atomic mass is 16.6. The van der Waals surface area contributed by atoms with Crippen molar-refractivity contribution in [1.29, 1.82) is 5.26 Å². The average molecular weight is 846 g/mol. The molecule has 5 heterocycles. The monoisotopic (exact) mass is 845 g/mol. The molecule has 0 unspecified atom stereocenters. The van der Waals surface area contributed by atoms with Crippen LogP contribution in [-0.2, 0) is 35.0 Å². The van der Waals surface area contributed by atoms with Crippen molar-refractivity contribution in [3.63, 3.8) is 0 Å².